The van der Waals surface area contributed by atoms with E-state index >= 15 is 0 Å². The molecule has 0 bridgehead atoms. The zero-order valence-electron chi connectivity index (χ0n) is 12.6. The first kappa shape index (κ1) is 16.8. The van der Waals surface area contributed by atoms with Crippen LogP contribution in [0, 0.1) is 18.3 Å². The number of nitriles is 1. The Labute approximate surface area is 142 Å². The van der Waals surface area contributed by atoms with Gasteiger partial charge in [-0.25, -0.2) is 4.98 Å². The van der Waals surface area contributed by atoms with Crippen LogP contribution < -0.4 is 5.56 Å². The number of rotatable bonds is 4. The Morgan fingerprint density at radius 2 is 2.14 bits per heavy atom. The number of H-pyrrole nitrogens is 1. The summed E-state index contributed by atoms with van der Waals surface area (Å²) in [6.45, 7) is 5.76. The van der Waals surface area contributed by atoms with Crippen LogP contribution in [0.5, 0.6) is 0 Å². The second-order valence-corrected chi connectivity index (χ2v) is 7.65. The lowest BCUT2D eigenvalue weighted by Gasteiger charge is -2.13. The molecule has 0 amide bonds. The van der Waals surface area contributed by atoms with E-state index in [1.807, 2.05) is 38.1 Å². The highest BCUT2D eigenvalue weighted by Crippen LogP contribution is 2.27. The first-order chi connectivity index (χ1) is 10.4. The minimum atomic E-state index is -0.564. The van der Waals surface area contributed by atoms with Gasteiger partial charge in [0.1, 0.15) is 5.92 Å². The Balaban J connectivity index is 2.56. The van der Waals surface area contributed by atoms with Crippen molar-refractivity contribution in [3.8, 4) is 6.07 Å². The molecule has 6 heteroatoms. The van der Waals surface area contributed by atoms with E-state index in [1.165, 1.54) is 11.8 Å². The Hall–Kier alpha value is -1.58. The molecule has 0 aliphatic carbocycles. The first-order valence-corrected chi connectivity index (χ1v) is 8.52. The van der Waals surface area contributed by atoms with Crippen molar-refractivity contribution in [3.63, 3.8) is 0 Å². The summed E-state index contributed by atoms with van der Waals surface area (Å²) in [5.74, 6) is -0.564. The zero-order valence-corrected chi connectivity index (χ0v) is 15.0. The summed E-state index contributed by atoms with van der Waals surface area (Å²) in [5, 5.41) is 10.4. The quantitative estimate of drug-likeness (QED) is 0.645. The normalized spacial score (nSPS) is 12.2. The van der Waals surface area contributed by atoms with Crippen LogP contribution in [-0.4, -0.2) is 15.2 Å². The number of aromatic nitrogens is 2. The predicted molar refractivity (Wildman–Crippen MR) is 92.2 cm³/mol. The van der Waals surface area contributed by atoms with Crippen LogP contribution in [-0.2, 0) is 0 Å². The molecular formula is C16H16BrN3OS. The first-order valence-electron chi connectivity index (χ1n) is 6.85. The van der Waals surface area contributed by atoms with Crippen LogP contribution in [0.25, 0.3) is 0 Å². The number of nitrogens with zero attached hydrogens (tertiary/aromatic N) is 2. The second-order valence-electron chi connectivity index (χ2n) is 5.17. The summed E-state index contributed by atoms with van der Waals surface area (Å²) in [5.41, 5.74) is 1.63. The molecule has 0 aliphatic rings. The molecule has 4 nitrogen and oxygen atoms in total. The highest BCUT2D eigenvalue weighted by molar-refractivity contribution is 9.10. The molecule has 2 rings (SSSR count). The highest BCUT2D eigenvalue weighted by atomic mass is 79.9. The molecular weight excluding hydrogens is 362 g/mol. The van der Waals surface area contributed by atoms with Crippen LogP contribution in [0.2, 0.25) is 0 Å². The number of halogens is 1. The number of nitrogens with one attached hydrogen (secondary N) is 1. The third-order valence-electron chi connectivity index (χ3n) is 3.10. The molecule has 1 unspecified atom stereocenters. The van der Waals surface area contributed by atoms with Gasteiger partial charge in [-0.3, -0.25) is 4.79 Å². The largest absolute Gasteiger partial charge is 0.301 e. The third-order valence-corrected chi connectivity index (χ3v) is 4.48. The van der Waals surface area contributed by atoms with Crippen molar-refractivity contribution >= 4 is 27.7 Å². The van der Waals surface area contributed by atoms with E-state index < -0.39 is 5.92 Å². The van der Waals surface area contributed by atoms with Crippen LogP contribution in [0.4, 0.5) is 0 Å². The number of thioether (sulfide) groups is 1. The molecule has 1 heterocycles. The van der Waals surface area contributed by atoms with Crippen LogP contribution in [0.15, 0.2) is 38.7 Å². The Bertz CT molecular complexity index is 780. The van der Waals surface area contributed by atoms with Gasteiger partial charge < -0.3 is 4.98 Å². The van der Waals surface area contributed by atoms with Crippen LogP contribution >= 0.6 is 27.7 Å². The molecule has 0 aliphatic heterocycles. The summed E-state index contributed by atoms with van der Waals surface area (Å²) in [6, 6.07) is 9.79. The molecule has 2 aromatic rings. The molecule has 114 valence electrons. The lowest BCUT2D eigenvalue weighted by Crippen LogP contribution is -2.18. The zero-order chi connectivity index (χ0) is 16.3. The maximum atomic E-state index is 12.1. The topological polar surface area (TPSA) is 69.5 Å². The average molecular weight is 378 g/mol. The van der Waals surface area contributed by atoms with Crippen molar-refractivity contribution in [2.75, 3.05) is 0 Å². The molecule has 1 N–H and O–H groups in total. The lowest BCUT2D eigenvalue weighted by atomic mass is 9.94. The van der Waals surface area contributed by atoms with Gasteiger partial charge in [0.25, 0.3) is 5.56 Å². The summed E-state index contributed by atoms with van der Waals surface area (Å²) in [7, 11) is 0. The molecule has 1 aromatic carbocycles. The molecule has 1 atom stereocenters. The fourth-order valence-corrected chi connectivity index (χ4v) is 3.23. The smallest absolute Gasteiger partial charge is 0.254 e. The SMILES string of the molecule is Cc1c(C(C#N)c2cccc(Br)c2)nc(SC(C)C)[nH]c1=O. The fourth-order valence-electron chi connectivity index (χ4n) is 2.07. The van der Waals surface area contributed by atoms with Gasteiger partial charge in [-0.2, -0.15) is 5.26 Å². The van der Waals surface area contributed by atoms with Crippen molar-refractivity contribution < 1.29 is 0 Å². The predicted octanol–water partition coefficient (Wildman–Crippen LogP) is 4.00. The molecule has 0 saturated heterocycles. The van der Waals surface area contributed by atoms with Gasteiger partial charge in [0.2, 0.25) is 0 Å². The molecule has 0 saturated carbocycles. The Morgan fingerprint density at radius 3 is 2.73 bits per heavy atom. The number of benzene rings is 1. The molecule has 1 aromatic heterocycles. The minimum Gasteiger partial charge on any atom is -0.301 e. The van der Waals surface area contributed by atoms with Crippen molar-refractivity contribution in [2.45, 2.75) is 37.1 Å². The number of hydrogen-bond acceptors (Lipinski definition) is 4. The average Bonchev–Trinajstić information content (AvgIpc) is 2.44. The van der Waals surface area contributed by atoms with E-state index in [-0.39, 0.29) is 5.56 Å². The van der Waals surface area contributed by atoms with Crippen molar-refractivity contribution in [3.05, 3.63) is 55.9 Å². The van der Waals surface area contributed by atoms with Gasteiger partial charge in [0, 0.05) is 15.3 Å². The summed E-state index contributed by atoms with van der Waals surface area (Å²) < 4.78 is 0.893. The van der Waals surface area contributed by atoms with E-state index in [0.29, 0.717) is 21.7 Å². The van der Waals surface area contributed by atoms with E-state index in [2.05, 4.69) is 32.0 Å². The Morgan fingerprint density at radius 1 is 1.41 bits per heavy atom. The van der Waals surface area contributed by atoms with E-state index in [1.54, 1.807) is 6.92 Å². The monoisotopic (exact) mass is 377 g/mol. The van der Waals surface area contributed by atoms with E-state index in [9.17, 15) is 10.1 Å². The number of aromatic amines is 1. The Kier molecular flexibility index (Phi) is 5.43. The number of hydrogen-bond donors (Lipinski definition) is 1. The lowest BCUT2D eigenvalue weighted by molar-refractivity contribution is 0.823. The third kappa shape index (κ3) is 3.79. The second kappa shape index (κ2) is 7.12. The van der Waals surface area contributed by atoms with Gasteiger partial charge in [-0.1, -0.05) is 53.7 Å². The summed E-state index contributed by atoms with van der Waals surface area (Å²) in [6.07, 6.45) is 0. The van der Waals surface area contributed by atoms with Crippen LogP contribution in [0.3, 0.4) is 0 Å². The fraction of sp³-hybridized carbons (Fsp3) is 0.312. The maximum absolute atomic E-state index is 12.1. The molecule has 22 heavy (non-hydrogen) atoms. The minimum absolute atomic E-state index is 0.191. The van der Waals surface area contributed by atoms with Crippen molar-refractivity contribution in [2.24, 2.45) is 0 Å². The van der Waals surface area contributed by atoms with Gasteiger partial charge in [-0.05, 0) is 24.6 Å². The van der Waals surface area contributed by atoms with Crippen LogP contribution in [0.1, 0.15) is 36.6 Å². The molecule has 0 radical (unpaired) electrons. The van der Waals surface area contributed by atoms with E-state index in [4.69, 9.17) is 0 Å². The standard InChI is InChI=1S/C16H16BrN3OS/c1-9(2)22-16-19-14(10(3)15(21)20-16)13(8-18)11-5-4-6-12(17)7-11/h4-7,9,13H,1-3H3,(H,19,20,21). The molecule has 0 spiro atoms. The van der Waals surface area contributed by atoms with Gasteiger partial charge in [0.15, 0.2) is 5.16 Å². The van der Waals surface area contributed by atoms with Crippen molar-refractivity contribution in [1.82, 2.24) is 9.97 Å². The maximum Gasteiger partial charge on any atom is 0.254 e. The van der Waals surface area contributed by atoms with Gasteiger partial charge in [0.05, 0.1) is 11.8 Å². The van der Waals surface area contributed by atoms with E-state index in [0.717, 1.165) is 10.0 Å². The summed E-state index contributed by atoms with van der Waals surface area (Å²) >= 11 is 4.89. The van der Waals surface area contributed by atoms with Crippen molar-refractivity contribution in [1.29, 1.82) is 5.26 Å². The highest BCUT2D eigenvalue weighted by Gasteiger charge is 2.20. The molecule has 0 fully saturated rings. The summed E-state index contributed by atoms with van der Waals surface area (Å²) in [4.78, 5) is 19.4. The van der Waals surface area contributed by atoms with Gasteiger partial charge >= 0.3 is 0 Å². The van der Waals surface area contributed by atoms with Gasteiger partial charge in [-0.15, -0.1) is 0 Å².